The van der Waals surface area contributed by atoms with E-state index in [1.54, 1.807) is 25.1 Å². The van der Waals surface area contributed by atoms with E-state index >= 15 is 0 Å². The van der Waals surface area contributed by atoms with Crippen molar-refractivity contribution >= 4 is 23.4 Å². The third kappa shape index (κ3) is 3.45. The van der Waals surface area contributed by atoms with Gasteiger partial charge in [-0.2, -0.15) is 0 Å². The third-order valence-corrected chi connectivity index (χ3v) is 1.58. The van der Waals surface area contributed by atoms with E-state index in [-0.39, 0.29) is 6.03 Å². The number of allylic oxidation sites excluding steroid dienone is 1. The number of anilines is 1. The fourth-order valence-electron chi connectivity index (χ4n) is 0.785. The standard InChI is InChI=1S/C9H10ClN3O/c1-2-4-12-9(14)13-8-6-7(10)3-5-11-8/h2-6H,1H3,(H2,11,12,13,14)/b4-2+. The quantitative estimate of drug-likeness (QED) is 0.789. The molecular weight excluding hydrogens is 202 g/mol. The molecule has 74 valence electrons. The van der Waals surface area contributed by atoms with Crippen LogP contribution in [0.4, 0.5) is 10.6 Å². The Morgan fingerprint density at radius 3 is 3.07 bits per heavy atom. The maximum absolute atomic E-state index is 11.1. The predicted molar refractivity (Wildman–Crippen MR) is 56.2 cm³/mol. The fourth-order valence-corrected chi connectivity index (χ4v) is 0.944. The zero-order valence-electron chi connectivity index (χ0n) is 7.62. The normalized spacial score (nSPS) is 10.1. The minimum absolute atomic E-state index is 0.349. The van der Waals surface area contributed by atoms with Gasteiger partial charge in [0.05, 0.1) is 0 Å². The zero-order valence-corrected chi connectivity index (χ0v) is 8.38. The van der Waals surface area contributed by atoms with Crippen molar-refractivity contribution in [2.75, 3.05) is 5.32 Å². The molecule has 1 aromatic rings. The molecule has 1 aromatic heterocycles. The molecule has 0 aliphatic heterocycles. The van der Waals surface area contributed by atoms with Crippen LogP contribution in [0.15, 0.2) is 30.6 Å². The van der Waals surface area contributed by atoms with Crippen LogP contribution in [0.2, 0.25) is 5.02 Å². The Hall–Kier alpha value is -1.55. The SMILES string of the molecule is C/C=C/NC(=O)Nc1cc(Cl)ccn1. The minimum Gasteiger partial charge on any atom is -0.315 e. The lowest BCUT2D eigenvalue weighted by Crippen LogP contribution is -2.24. The Bertz CT molecular complexity index is 352. The van der Waals surface area contributed by atoms with Crippen LogP contribution in [0.5, 0.6) is 0 Å². The van der Waals surface area contributed by atoms with E-state index in [9.17, 15) is 4.79 Å². The molecule has 14 heavy (non-hydrogen) atoms. The van der Waals surface area contributed by atoms with Gasteiger partial charge in [-0.15, -0.1) is 0 Å². The van der Waals surface area contributed by atoms with E-state index < -0.39 is 0 Å². The Kier molecular flexibility index (Phi) is 3.94. The van der Waals surface area contributed by atoms with Crippen LogP contribution < -0.4 is 10.6 Å². The van der Waals surface area contributed by atoms with E-state index in [4.69, 9.17) is 11.6 Å². The number of pyridine rings is 1. The van der Waals surface area contributed by atoms with Crippen molar-refractivity contribution in [2.24, 2.45) is 0 Å². The third-order valence-electron chi connectivity index (χ3n) is 1.34. The lowest BCUT2D eigenvalue weighted by molar-refractivity contribution is 0.255. The van der Waals surface area contributed by atoms with E-state index in [2.05, 4.69) is 15.6 Å². The second-order valence-electron chi connectivity index (χ2n) is 2.46. The van der Waals surface area contributed by atoms with Crippen molar-refractivity contribution in [3.63, 3.8) is 0 Å². The van der Waals surface area contributed by atoms with Crippen molar-refractivity contribution in [3.8, 4) is 0 Å². The van der Waals surface area contributed by atoms with Crippen molar-refractivity contribution in [1.82, 2.24) is 10.3 Å². The Morgan fingerprint density at radius 2 is 2.43 bits per heavy atom. The molecule has 0 bridgehead atoms. The molecule has 1 rings (SSSR count). The second kappa shape index (κ2) is 5.24. The number of amides is 2. The second-order valence-corrected chi connectivity index (χ2v) is 2.89. The van der Waals surface area contributed by atoms with Crippen LogP contribution in [0, 0.1) is 0 Å². The topological polar surface area (TPSA) is 54.0 Å². The van der Waals surface area contributed by atoms with Crippen LogP contribution in [0.3, 0.4) is 0 Å². The van der Waals surface area contributed by atoms with Gasteiger partial charge >= 0.3 is 6.03 Å². The molecule has 0 saturated carbocycles. The molecule has 0 atom stereocenters. The number of halogens is 1. The number of rotatable bonds is 2. The molecule has 1 heterocycles. The van der Waals surface area contributed by atoms with Crippen LogP contribution in [0.1, 0.15) is 6.92 Å². The number of hydrogen-bond donors (Lipinski definition) is 2. The molecule has 5 heteroatoms. The number of carbonyl (C=O) groups is 1. The molecule has 0 aromatic carbocycles. The van der Waals surface area contributed by atoms with Gasteiger partial charge < -0.3 is 5.32 Å². The highest BCUT2D eigenvalue weighted by Gasteiger charge is 1.99. The number of hydrogen-bond acceptors (Lipinski definition) is 2. The van der Waals surface area contributed by atoms with Gasteiger partial charge in [0.2, 0.25) is 0 Å². The maximum atomic E-state index is 11.1. The van der Waals surface area contributed by atoms with Crippen LogP contribution in [0.25, 0.3) is 0 Å². The van der Waals surface area contributed by atoms with Crippen LogP contribution in [-0.4, -0.2) is 11.0 Å². The van der Waals surface area contributed by atoms with E-state index in [1.807, 2.05) is 0 Å². The first kappa shape index (κ1) is 10.5. The highest BCUT2D eigenvalue weighted by Crippen LogP contribution is 2.11. The molecule has 0 radical (unpaired) electrons. The fraction of sp³-hybridized carbons (Fsp3) is 0.111. The summed E-state index contributed by atoms with van der Waals surface area (Å²) < 4.78 is 0. The molecule has 0 aliphatic carbocycles. The monoisotopic (exact) mass is 211 g/mol. The summed E-state index contributed by atoms with van der Waals surface area (Å²) in [6, 6.07) is 2.85. The number of nitrogens with one attached hydrogen (secondary N) is 2. The highest BCUT2D eigenvalue weighted by atomic mass is 35.5. The zero-order chi connectivity index (χ0) is 10.4. The van der Waals surface area contributed by atoms with Crippen molar-refractivity contribution in [1.29, 1.82) is 0 Å². The summed E-state index contributed by atoms with van der Waals surface area (Å²) in [5.74, 6) is 0.416. The van der Waals surface area contributed by atoms with Gasteiger partial charge in [-0.3, -0.25) is 5.32 Å². The summed E-state index contributed by atoms with van der Waals surface area (Å²) >= 11 is 5.71. The Morgan fingerprint density at radius 1 is 1.64 bits per heavy atom. The Balaban J connectivity index is 2.56. The summed E-state index contributed by atoms with van der Waals surface area (Å²) in [6.07, 6.45) is 4.76. The van der Waals surface area contributed by atoms with Gasteiger partial charge in [-0.25, -0.2) is 9.78 Å². The summed E-state index contributed by atoms with van der Waals surface area (Å²) in [7, 11) is 0. The summed E-state index contributed by atoms with van der Waals surface area (Å²) in [5.41, 5.74) is 0. The van der Waals surface area contributed by atoms with Gasteiger partial charge in [0.25, 0.3) is 0 Å². The van der Waals surface area contributed by atoms with Crippen LogP contribution in [-0.2, 0) is 0 Å². The molecule has 0 spiro atoms. The lowest BCUT2D eigenvalue weighted by Gasteiger charge is -2.02. The average molecular weight is 212 g/mol. The molecule has 0 aliphatic rings. The first-order valence-corrected chi connectivity index (χ1v) is 4.40. The average Bonchev–Trinajstić information content (AvgIpc) is 2.15. The van der Waals surface area contributed by atoms with Gasteiger partial charge in [-0.1, -0.05) is 17.7 Å². The molecule has 4 nitrogen and oxygen atoms in total. The molecule has 2 N–H and O–H groups in total. The molecule has 2 amide bonds. The maximum Gasteiger partial charge on any atom is 0.324 e. The summed E-state index contributed by atoms with van der Waals surface area (Å²) in [6.45, 7) is 1.80. The predicted octanol–water partition coefficient (Wildman–Crippen LogP) is 2.39. The molecule has 0 saturated heterocycles. The lowest BCUT2D eigenvalue weighted by atomic mass is 10.4. The largest absolute Gasteiger partial charge is 0.324 e. The van der Waals surface area contributed by atoms with E-state index in [1.165, 1.54) is 12.4 Å². The van der Waals surface area contributed by atoms with Crippen molar-refractivity contribution in [3.05, 3.63) is 35.6 Å². The van der Waals surface area contributed by atoms with E-state index in [0.717, 1.165) is 0 Å². The summed E-state index contributed by atoms with van der Waals surface area (Å²) in [5, 5.41) is 5.54. The van der Waals surface area contributed by atoms with Crippen molar-refractivity contribution in [2.45, 2.75) is 6.92 Å². The van der Waals surface area contributed by atoms with Gasteiger partial charge in [0.1, 0.15) is 5.82 Å². The molecule has 0 unspecified atom stereocenters. The number of urea groups is 1. The van der Waals surface area contributed by atoms with Crippen LogP contribution >= 0.6 is 11.6 Å². The molecule has 0 fully saturated rings. The minimum atomic E-state index is -0.349. The Labute approximate surface area is 87.0 Å². The number of aromatic nitrogens is 1. The van der Waals surface area contributed by atoms with Gasteiger partial charge in [0, 0.05) is 17.4 Å². The first-order chi connectivity index (χ1) is 6.72. The molecular formula is C9H10ClN3O. The van der Waals surface area contributed by atoms with Crippen molar-refractivity contribution < 1.29 is 4.79 Å². The number of nitrogens with zero attached hydrogens (tertiary/aromatic N) is 1. The van der Waals surface area contributed by atoms with Gasteiger partial charge in [0.15, 0.2) is 0 Å². The highest BCUT2D eigenvalue weighted by molar-refractivity contribution is 6.30. The van der Waals surface area contributed by atoms with E-state index in [0.29, 0.717) is 10.8 Å². The number of carbonyl (C=O) groups excluding carboxylic acids is 1. The van der Waals surface area contributed by atoms with Gasteiger partial charge in [-0.05, 0) is 19.1 Å². The smallest absolute Gasteiger partial charge is 0.315 e. The summed E-state index contributed by atoms with van der Waals surface area (Å²) in [4.78, 5) is 15.0. The first-order valence-electron chi connectivity index (χ1n) is 4.02.